The van der Waals surface area contributed by atoms with Gasteiger partial charge in [-0.05, 0) is 37.0 Å². The van der Waals surface area contributed by atoms with Gasteiger partial charge >= 0.3 is 0 Å². The van der Waals surface area contributed by atoms with Gasteiger partial charge in [-0.1, -0.05) is 0 Å². The first kappa shape index (κ1) is 14.8. The third-order valence-corrected chi connectivity index (χ3v) is 3.96. The minimum Gasteiger partial charge on any atom is -0.371 e. The van der Waals surface area contributed by atoms with Crippen molar-refractivity contribution in [3.8, 4) is 0 Å². The van der Waals surface area contributed by atoms with Gasteiger partial charge in [0, 0.05) is 43.8 Å². The van der Waals surface area contributed by atoms with Crippen molar-refractivity contribution in [3.05, 3.63) is 48.3 Å². The Morgan fingerprint density at radius 3 is 2.77 bits per heavy atom. The first-order valence-electron chi connectivity index (χ1n) is 7.47. The van der Waals surface area contributed by atoms with Crippen molar-refractivity contribution < 1.29 is 8.78 Å². The number of rotatable bonds is 4. The van der Waals surface area contributed by atoms with Gasteiger partial charge in [-0.3, -0.25) is 4.98 Å². The van der Waals surface area contributed by atoms with E-state index in [-0.39, 0.29) is 5.69 Å². The summed E-state index contributed by atoms with van der Waals surface area (Å²) in [5.41, 5.74) is 0.662. The average molecular weight is 304 g/mol. The number of anilines is 1. The Morgan fingerprint density at radius 1 is 1.18 bits per heavy atom. The average Bonchev–Trinajstić information content (AvgIpc) is 2.56. The predicted octanol–water partition coefficient (Wildman–Crippen LogP) is 3.27. The van der Waals surface area contributed by atoms with Crippen molar-refractivity contribution >= 4 is 5.69 Å². The minimum absolute atomic E-state index is 0.161. The maximum Gasteiger partial charge on any atom is 0.280 e. The van der Waals surface area contributed by atoms with Gasteiger partial charge in [0.1, 0.15) is 11.5 Å². The summed E-state index contributed by atoms with van der Waals surface area (Å²) in [6, 6.07) is 5.10. The molecule has 0 aromatic carbocycles. The van der Waals surface area contributed by atoms with E-state index in [4.69, 9.17) is 0 Å². The molecule has 1 unspecified atom stereocenters. The second-order valence-corrected chi connectivity index (χ2v) is 5.56. The molecule has 1 fully saturated rings. The van der Waals surface area contributed by atoms with Crippen LogP contribution in [0.3, 0.4) is 0 Å². The molecule has 0 aliphatic carbocycles. The van der Waals surface area contributed by atoms with Crippen LogP contribution < -0.4 is 4.90 Å². The van der Waals surface area contributed by atoms with E-state index in [1.165, 1.54) is 12.3 Å². The number of nitrogens with zero attached hydrogens (tertiary/aromatic N) is 4. The lowest BCUT2D eigenvalue weighted by Gasteiger charge is -2.34. The van der Waals surface area contributed by atoms with E-state index in [0.717, 1.165) is 43.9 Å². The van der Waals surface area contributed by atoms with E-state index >= 15 is 0 Å². The molecule has 1 saturated heterocycles. The molecule has 1 aliphatic heterocycles. The SMILES string of the molecule is FC(F)c1cc(N2CCCC(Cc3ncccn3)C2)ccn1. The lowest BCUT2D eigenvalue weighted by atomic mass is 9.94. The molecule has 1 atom stereocenters. The molecule has 4 nitrogen and oxygen atoms in total. The Hall–Kier alpha value is -2.11. The minimum atomic E-state index is -2.53. The highest BCUT2D eigenvalue weighted by Gasteiger charge is 2.22. The predicted molar refractivity (Wildman–Crippen MR) is 79.9 cm³/mol. The zero-order chi connectivity index (χ0) is 15.4. The number of piperidine rings is 1. The molecular weight excluding hydrogens is 286 g/mol. The Kier molecular flexibility index (Phi) is 4.56. The van der Waals surface area contributed by atoms with Crippen molar-refractivity contribution in [3.63, 3.8) is 0 Å². The van der Waals surface area contributed by atoms with Crippen LogP contribution in [0.1, 0.15) is 30.8 Å². The van der Waals surface area contributed by atoms with Crippen molar-refractivity contribution in [2.24, 2.45) is 5.92 Å². The standard InChI is InChI=1S/C16H18F2N4/c17-16(18)14-10-13(4-7-19-14)22-8-1-3-12(11-22)9-15-20-5-2-6-21-15/h2,4-7,10,12,16H,1,3,8-9,11H2. The van der Waals surface area contributed by atoms with Crippen molar-refractivity contribution in [1.82, 2.24) is 15.0 Å². The fraction of sp³-hybridized carbons (Fsp3) is 0.438. The van der Waals surface area contributed by atoms with Gasteiger partial charge in [-0.15, -0.1) is 0 Å². The zero-order valence-corrected chi connectivity index (χ0v) is 12.2. The van der Waals surface area contributed by atoms with E-state index in [2.05, 4.69) is 19.9 Å². The number of aromatic nitrogens is 3. The fourth-order valence-corrected chi connectivity index (χ4v) is 2.91. The van der Waals surface area contributed by atoms with Crippen LogP contribution in [0.25, 0.3) is 0 Å². The normalized spacial score (nSPS) is 18.7. The molecule has 2 aromatic heterocycles. The van der Waals surface area contributed by atoms with Crippen LogP contribution in [0.2, 0.25) is 0 Å². The second kappa shape index (κ2) is 6.77. The lowest BCUT2D eigenvalue weighted by molar-refractivity contribution is 0.146. The molecule has 22 heavy (non-hydrogen) atoms. The third kappa shape index (κ3) is 3.55. The van der Waals surface area contributed by atoms with Crippen molar-refractivity contribution in [2.45, 2.75) is 25.7 Å². The number of pyridine rings is 1. The van der Waals surface area contributed by atoms with E-state index in [0.29, 0.717) is 5.92 Å². The summed E-state index contributed by atoms with van der Waals surface area (Å²) in [4.78, 5) is 14.4. The smallest absolute Gasteiger partial charge is 0.280 e. The molecule has 0 N–H and O–H groups in total. The summed E-state index contributed by atoms with van der Waals surface area (Å²) in [5, 5.41) is 0. The van der Waals surface area contributed by atoms with E-state index < -0.39 is 6.43 Å². The molecule has 3 rings (SSSR count). The summed E-state index contributed by atoms with van der Waals surface area (Å²) in [6.07, 6.45) is 5.41. The van der Waals surface area contributed by atoms with E-state index in [9.17, 15) is 8.78 Å². The van der Waals surface area contributed by atoms with E-state index in [1.54, 1.807) is 24.5 Å². The van der Waals surface area contributed by atoms with Gasteiger partial charge in [0.2, 0.25) is 0 Å². The maximum atomic E-state index is 12.8. The summed E-state index contributed by atoms with van der Waals surface area (Å²) < 4.78 is 25.6. The van der Waals surface area contributed by atoms with Crippen LogP contribution in [0, 0.1) is 5.92 Å². The van der Waals surface area contributed by atoms with Gasteiger partial charge < -0.3 is 4.90 Å². The van der Waals surface area contributed by atoms with Crippen LogP contribution in [0.15, 0.2) is 36.8 Å². The largest absolute Gasteiger partial charge is 0.371 e. The first-order valence-corrected chi connectivity index (χ1v) is 7.47. The van der Waals surface area contributed by atoms with Crippen LogP contribution in [0.4, 0.5) is 14.5 Å². The highest BCUT2D eigenvalue weighted by atomic mass is 19.3. The second-order valence-electron chi connectivity index (χ2n) is 5.56. The van der Waals surface area contributed by atoms with Gasteiger partial charge in [-0.25, -0.2) is 18.7 Å². The number of hydrogen-bond donors (Lipinski definition) is 0. The molecule has 0 amide bonds. The van der Waals surface area contributed by atoms with Crippen LogP contribution in [-0.4, -0.2) is 28.0 Å². The summed E-state index contributed by atoms with van der Waals surface area (Å²) in [7, 11) is 0. The fourth-order valence-electron chi connectivity index (χ4n) is 2.91. The monoisotopic (exact) mass is 304 g/mol. The summed E-state index contributed by atoms with van der Waals surface area (Å²) in [5.74, 6) is 1.29. The molecular formula is C16H18F2N4. The van der Waals surface area contributed by atoms with Gasteiger partial charge in [0.05, 0.1) is 0 Å². The molecule has 6 heteroatoms. The van der Waals surface area contributed by atoms with E-state index in [1.807, 2.05) is 0 Å². The summed E-state index contributed by atoms with van der Waals surface area (Å²) in [6.45, 7) is 1.73. The number of hydrogen-bond acceptors (Lipinski definition) is 4. The summed E-state index contributed by atoms with van der Waals surface area (Å²) >= 11 is 0. The number of halogens is 2. The molecule has 0 spiro atoms. The Morgan fingerprint density at radius 2 is 2.00 bits per heavy atom. The third-order valence-electron chi connectivity index (χ3n) is 3.96. The van der Waals surface area contributed by atoms with Crippen molar-refractivity contribution in [1.29, 1.82) is 0 Å². The quantitative estimate of drug-likeness (QED) is 0.869. The lowest BCUT2D eigenvalue weighted by Crippen LogP contribution is -2.36. The van der Waals surface area contributed by atoms with Gasteiger partial charge in [0.25, 0.3) is 6.43 Å². The molecule has 3 heterocycles. The van der Waals surface area contributed by atoms with Crippen LogP contribution >= 0.6 is 0 Å². The molecule has 116 valence electrons. The highest BCUT2D eigenvalue weighted by Crippen LogP contribution is 2.27. The number of alkyl halides is 2. The van der Waals surface area contributed by atoms with Gasteiger partial charge in [0.15, 0.2) is 0 Å². The molecule has 2 aromatic rings. The molecule has 0 radical (unpaired) electrons. The van der Waals surface area contributed by atoms with Crippen molar-refractivity contribution in [2.75, 3.05) is 18.0 Å². The Balaban J connectivity index is 1.69. The Labute approximate surface area is 128 Å². The molecule has 1 aliphatic rings. The van der Waals surface area contributed by atoms with Crippen LogP contribution in [-0.2, 0) is 6.42 Å². The Bertz CT molecular complexity index is 606. The zero-order valence-electron chi connectivity index (χ0n) is 12.2. The topological polar surface area (TPSA) is 41.9 Å². The highest BCUT2D eigenvalue weighted by molar-refractivity contribution is 5.47. The first-order chi connectivity index (χ1) is 10.7. The van der Waals surface area contributed by atoms with Crippen LogP contribution in [0.5, 0.6) is 0 Å². The van der Waals surface area contributed by atoms with Gasteiger partial charge in [-0.2, -0.15) is 0 Å². The maximum absolute atomic E-state index is 12.8. The molecule has 0 saturated carbocycles. The molecule has 0 bridgehead atoms.